The lowest BCUT2D eigenvalue weighted by atomic mass is 9.75. The second-order valence-electron chi connectivity index (χ2n) is 4.18. The summed E-state index contributed by atoms with van der Waals surface area (Å²) in [5, 5.41) is 18.2. The molecule has 1 rings (SSSR count). The first-order chi connectivity index (χ1) is 7.92. The largest absolute Gasteiger partial charge is 0.481 e. The van der Waals surface area contributed by atoms with E-state index >= 15 is 0 Å². The van der Waals surface area contributed by atoms with Crippen molar-refractivity contribution in [3.05, 3.63) is 35.4 Å². The van der Waals surface area contributed by atoms with Crippen molar-refractivity contribution in [1.82, 2.24) is 0 Å². The van der Waals surface area contributed by atoms with E-state index in [1.165, 1.54) is 0 Å². The van der Waals surface area contributed by atoms with Crippen LogP contribution in [0.5, 0.6) is 0 Å². The minimum Gasteiger partial charge on any atom is -0.481 e. The number of carbonyl (C=O) groups is 2. The number of carboxylic acids is 2. The third-order valence-corrected chi connectivity index (χ3v) is 3.07. The van der Waals surface area contributed by atoms with Crippen LogP contribution < -0.4 is 0 Å². The highest BCUT2D eigenvalue weighted by atomic mass is 16.4. The first-order valence-electron chi connectivity index (χ1n) is 5.44. The molecule has 0 aliphatic heterocycles. The lowest BCUT2D eigenvalue weighted by Gasteiger charge is -2.27. The van der Waals surface area contributed by atoms with E-state index in [1.54, 1.807) is 31.2 Å². The van der Waals surface area contributed by atoms with Crippen molar-refractivity contribution in [2.24, 2.45) is 0 Å². The van der Waals surface area contributed by atoms with Gasteiger partial charge in [0.2, 0.25) is 0 Å². The zero-order valence-corrected chi connectivity index (χ0v) is 9.93. The van der Waals surface area contributed by atoms with E-state index in [-0.39, 0.29) is 6.42 Å². The normalized spacial score (nSPS) is 14.0. The first-order valence-corrected chi connectivity index (χ1v) is 5.44. The van der Waals surface area contributed by atoms with Gasteiger partial charge in [-0.05, 0) is 18.9 Å². The fourth-order valence-electron chi connectivity index (χ4n) is 1.91. The van der Waals surface area contributed by atoms with Crippen molar-refractivity contribution >= 4 is 11.9 Å². The van der Waals surface area contributed by atoms with Crippen LogP contribution in [0.25, 0.3) is 0 Å². The number of rotatable bonds is 5. The molecule has 0 heterocycles. The maximum atomic E-state index is 11.4. The summed E-state index contributed by atoms with van der Waals surface area (Å²) in [7, 11) is 0. The van der Waals surface area contributed by atoms with Crippen LogP contribution in [0.15, 0.2) is 24.3 Å². The molecule has 0 aromatic heterocycles. The molecule has 1 aromatic carbocycles. The Bertz CT molecular complexity index is 422. The third-order valence-electron chi connectivity index (χ3n) is 3.07. The van der Waals surface area contributed by atoms with Gasteiger partial charge in [0.15, 0.2) is 0 Å². The van der Waals surface area contributed by atoms with E-state index in [0.717, 1.165) is 5.56 Å². The van der Waals surface area contributed by atoms with Gasteiger partial charge in [0.25, 0.3) is 0 Å². The van der Waals surface area contributed by atoms with Gasteiger partial charge in [-0.15, -0.1) is 0 Å². The Kier molecular flexibility index (Phi) is 3.89. The minimum absolute atomic E-state index is 0.248. The Morgan fingerprint density at radius 1 is 1.18 bits per heavy atom. The molecule has 0 aliphatic carbocycles. The molecular formula is C13H16O4. The predicted molar refractivity (Wildman–Crippen MR) is 63.0 cm³/mol. The quantitative estimate of drug-likeness (QED) is 0.821. The van der Waals surface area contributed by atoms with Crippen molar-refractivity contribution in [2.45, 2.75) is 32.1 Å². The molecule has 0 radical (unpaired) electrons. The van der Waals surface area contributed by atoms with Crippen LogP contribution in [0.2, 0.25) is 0 Å². The number of aliphatic carboxylic acids is 2. The monoisotopic (exact) mass is 236 g/mol. The topological polar surface area (TPSA) is 74.6 Å². The molecule has 0 bridgehead atoms. The summed E-state index contributed by atoms with van der Waals surface area (Å²) in [6.45, 7) is 3.59. The van der Waals surface area contributed by atoms with Gasteiger partial charge in [-0.25, -0.2) is 0 Å². The lowest BCUT2D eigenvalue weighted by molar-refractivity contribution is -0.150. The SMILES string of the molecule is CCC(CC(=O)O)(C(=O)O)c1ccc(C)cc1. The molecule has 0 amide bonds. The summed E-state index contributed by atoms with van der Waals surface area (Å²) in [4.78, 5) is 22.3. The average Bonchev–Trinajstić information content (AvgIpc) is 2.26. The van der Waals surface area contributed by atoms with E-state index < -0.39 is 23.8 Å². The van der Waals surface area contributed by atoms with Crippen LogP contribution in [-0.2, 0) is 15.0 Å². The van der Waals surface area contributed by atoms with Gasteiger partial charge < -0.3 is 10.2 Å². The van der Waals surface area contributed by atoms with Crippen LogP contribution in [0, 0.1) is 6.92 Å². The van der Waals surface area contributed by atoms with E-state index in [2.05, 4.69) is 0 Å². The summed E-state index contributed by atoms with van der Waals surface area (Å²) in [5.41, 5.74) is 0.222. The molecule has 1 aromatic rings. The fraction of sp³-hybridized carbons (Fsp3) is 0.385. The molecule has 0 saturated carbocycles. The maximum absolute atomic E-state index is 11.4. The molecule has 4 heteroatoms. The highest BCUT2D eigenvalue weighted by Gasteiger charge is 2.40. The molecule has 4 nitrogen and oxygen atoms in total. The Labute approximate surface area is 99.9 Å². The Hall–Kier alpha value is -1.84. The maximum Gasteiger partial charge on any atom is 0.314 e. The van der Waals surface area contributed by atoms with Crippen LogP contribution in [0.4, 0.5) is 0 Å². The summed E-state index contributed by atoms with van der Waals surface area (Å²) < 4.78 is 0. The molecule has 17 heavy (non-hydrogen) atoms. The van der Waals surface area contributed by atoms with Crippen molar-refractivity contribution in [1.29, 1.82) is 0 Å². The van der Waals surface area contributed by atoms with Crippen molar-refractivity contribution in [2.75, 3.05) is 0 Å². The first kappa shape index (κ1) is 13.2. The average molecular weight is 236 g/mol. The summed E-state index contributed by atoms with van der Waals surface area (Å²) in [5.74, 6) is -2.19. The Balaban J connectivity index is 3.26. The van der Waals surface area contributed by atoms with Crippen molar-refractivity contribution in [3.8, 4) is 0 Å². The van der Waals surface area contributed by atoms with Crippen LogP contribution in [-0.4, -0.2) is 22.2 Å². The number of benzene rings is 1. The van der Waals surface area contributed by atoms with Gasteiger partial charge in [0.05, 0.1) is 6.42 Å². The number of carboxylic acid groups (broad SMARTS) is 2. The Morgan fingerprint density at radius 2 is 1.71 bits per heavy atom. The van der Waals surface area contributed by atoms with Crippen molar-refractivity contribution in [3.63, 3.8) is 0 Å². The molecule has 2 N–H and O–H groups in total. The minimum atomic E-state index is -1.33. The lowest BCUT2D eigenvalue weighted by Crippen LogP contribution is -2.37. The van der Waals surface area contributed by atoms with Gasteiger partial charge in [-0.3, -0.25) is 9.59 Å². The van der Waals surface area contributed by atoms with Gasteiger partial charge >= 0.3 is 11.9 Å². The zero-order chi connectivity index (χ0) is 13.1. The van der Waals surface area contributed by atoms with E-state index in [4.69, 9.17) is 5.11 Å². The van der Waals surface area contributed by atoms with Crippen LogP contribution in [0.3, 0.4) is 0 Å². The van der Waals surface area contributed by atoms with Gasteiger partial charge in [0.1, 0.15) is 5.41 Å². The Morgan fingerprint density at radius 3 is 2.06 bits per heavy atom. The van der Waals surface area contributed by atoms with Crippen LogP contribution >= 0.6 is 0 Å². The van der Waals surface area contributed by atoms with Crippen molar-refractivity contribution < 1.29 is 19.8 Å². The van der Waals surface area contributed by atoms with Gasteiger partial charge in [-0.1, -0.05) is 36.8 Å². The molecule has 92 valence electrons. The van der Waals surface area contributed by atoms with E-state index in [1.807, 2.05) is 6.92 Å². The highest BCUT2D eigenvalue weighted by molar-refractivity contribution is 5.87. The fourth-order valence-corrected chi connectivity index (χ4v) is 1.91. The van der Waals surface area contributed by atoms with E-state index in [0.29, 0.717) is 5.56 Å². The summed E-state index contributed by atoms with van der Waals surface area (Å²) >= 11 is 0. The number of hydrogen-bond donors (Lipinski definition) is 2. The van der Waals surface area contributed by atoms with E-state index in [9.17, 15) is 14.7 Å². The van der Waals surface area contributed by atoms with Crippen LogP contribution in [0.1, 0.15) is 30.9 Å². The molecule has 1 atom stereocenters. The molecular weight excluding hydrogens is 220 g/mol. The molecule has 0 saturated heterocycles. The zero-order valence-electron chi connectivity index (χ0n) is 9.93. The molecule has 0 spiro atoms. The number of hydrogen-bond acceptors (Lipinski definition) is 2. The molecule has 1 unspecified atom stereocenters. The van der Waals surface area contributed by atoms with Gasteiger partial charge in [0, 0.05) is 0 Å². The second-order valence-corrected chi connectivity index (χ2v) is 4.18. The smallest absolute Gasteiger partial charge is 0.314 e. The third kappa shape index (κ3) is 2.64. The second kappa shape index (κ2) is 4.99. The number of aryl methyl sites for hydroxylation is 1. The predicted octanol–water partition coefficient (Wildman–Crippen LogP) is 2.20. The summed E-state index contributed by atoms with van der Waals surface area (Å²) in [6.07, 6.45) is -0.153. The highest BCUT2D eigenvalue weighted by Crippen LogP contribution is 2.32. The van der Waals surface area contributed by atoms with Gasteiger partial charge in [-0.2, -0.15) is 0 Å². The molecule has 0 fully saturated rings. The summed E-state index contributed by atoms with van der Waals surface area (Å²) in [6, 6.07) is 6.97. The standard InChI is InChI=1S/C13H16O4/c1-3-13(12(16)17,8-11(14)15)10-6-4-9(2)5-7-10/h4-7H,3,8H2,1-2H3,(H,14,15)(H,16,17). The molecule has 0 aliphatic rings.